The summed E-state index contributed by atoms with van der Waals surface area (Å²) in [6.45, 7) is 7.62. The Bertz CT molecular complexity index is 1190. The number of benzene rings is 2. The first kappa shape index (κ1) is 26.9. The lowest BCUT2D eigenvalue weighted by molar-refractivity contribution is -0.274. The van der Waals surface area contributed by atoms with Crippen LogP contribution in [0.15, 0.2) is 42.1 Å². The molecule has 0 saturated carbocycles. The van der Waals surface area contributed by atoms with Crippen LogP contribution < -0.4 is 15.0 Å². The van der Waals surface area contributed by atoms with Gasteiger partial charge in [0.25, 0.3) is 0 Å². The Labute approximate surface area is 209 Å². The first-order valence-electron chi connectivity index (χ1n) is 11.7. The maximum absolute atomic E-state index is 12.6. The van der Waals surface area contributed by atoms with Crippen molar-refractivity contribution in [2.45, 2.75) is 58.9 Å². The predicted molar refractivity (Wildman–Crippen MR) is 132 cm³/mol. The summed E-state index contributed by atoms with van der Waals surface area (Å²) in [5, 5.41) is 12.8. The van der Waals surface area contributed by atoms with E-state index in [1.807, 2.05) is 24.2 Å². The molecule has 0 saturated heterocycles. The summed E-state index contributed by atoms with van der Waals surface area (Å²) in [6.07, 6.45) is -1.49. The number of carbonyl (C=O) groups is 1. The van der Waals surface area contributed by atoms with E-state index in [9.17, 15) is 23.2 Å². The summed E-state index contributed by atoms with van der Waals surface area (Å²) >= 11 is 0. The number of carbonyl (C=O) groups excluding carboxylic acids is 1. The largest absolute Gasteiger partial charge is 0.573 e. The summed E-state index contributed by atoms with van der Waals surface area (Å²) in [5.74, 6) is -0.304. The molecular formula is C27H30F3N3O3. The molecule has 36 heavy (non-hydrogen) atoms. The second-order valence-corrected chi connectivity index (χ2v) is 9.58. The van der Waals surface area contributed by atoms with E-state index in [1.165, 1.54) is 17.7 Å². The third kappa shape index (κ3) is 6.72. The highest BCUT2D eigenvalue weighted by Crippen LogP contribution is 2.41. The number of alkyl carbamates (subject to hydrolysis) is 1. The third-order valence-corrected chi connectivity index (χ3v) is 5.65. The first-order chi connectivity index (χ1) is 16.8. The number of ether oxygens (including phenoxy) is 2. The van der Waals surface area contributed by atoms with Crippen molar-refractivity contribution in [1.82, 2.24) is 5.32 Å². The van der Waals surface area contributed by atoms with Crippen LogP contribution in [0.5, 0.6) is 5.75 Å². The van der Waals surface area contributed by atoms with Crippen LogP contribution in [0.3, 0.4) is 0 Å². The average molecular weight is 502 g/mol. The Kier molecular flexibility index (Phi) is 7.87. The SMILES string of the molecule is CCC1=CN(C)c2c(C#N)c(CCNC(=O)OC(C)(C)C)cc(-c3ccc(OC(F)(F)F)cc3)c2C1. The summed E-state index contributed by atoms with van der Waals surface area (Å²) < 4.78 is 47.1. The molecule has 0 spiro atoms. The van der Waals surface area contributed by atoms with Crippen molar-refractivity contribution in [3.8, 4) is 22.9 Å². The number of nitriles is 1. The van der Waals surface area contributed by atoms with Gasteiger partial charge >= 0.3 is 12.5 Å². The molecule has 0 atom stereocenters. The van der Waals surface area contributed by atoms with Crippen LogP contribution in [0.2, 0.25) is 0 Å². The van der Waals surface area contributed by atoms with Gasteiger partial charge in [-0.05, 0) is 86.1 Å². The Morgan fingerprint density at radius 1 is 1.19 bits per heavy atom. The molecule has 2 aromatic carbocycles. The fraction of sp³-hybridized carbons (Fsp3) is 0.407. The van der Waals surface area contributed by atoms with Gasteiger partial charge in [-0.2, -0.15) is 5.26 Å². The molecule has 0 radical (unpaired) electrons. The van der Waals surface area contributed by atoms with Gasteiger partial charge in [-0.15, -0.1) is 13.2 Å². The molecule has 3 rings (SSSR count). The lowest BCUT2D eigenvalue weighted by Gasteiger charge is -2.30. The molecule has 192 valence electrons. The van der Waals surface area contributed by atoms with Crippen LogP contribution in [0.25, 0.3) is 11.1 Å². The zero-order valence-corrected chi connectivity index (χ0v) is 21.0. The Hall–Kier alpha value is -3.67. The van der Waals surface area contributed by atoms with E-state index in [0.717, 1.165) is 28.8 Å². The highest BCUT2D eigenvalue weighted by molar-refractivity contribution is 5.82. The van der Waals surface area contributed by atoms with Gasteiger partial charge < -0.3 is 19.7 Å². The summed E-state index contributed by atoms with van der Waals surface area (Å²) in [5.41, 5.74) is 4.99. The first-order valence-corrected chi connectivity index (χ1v) is 11.7. The lowest BCUT2D eigenvalue weighted by Crippen LogP contribution is -2.33. The fourth-order valence-corrected chi connectivity index (χ4v) is 4.19. The molecule has 0 unspecified atom stereocenters. The maximum atomic E-state index is 12.6. The van der Waals surface area contributed by atoms with Crippen LogP contribution in [0.1, 0.15) is 50.8 Å². The minimum Gasteiger partial charge on any atom is -0.444 e. The van der Waals surface area contributed by atoms with E-state index in [-0.39, 0.29) is 12.3 Å². The van der Waals surface area contributed by atoms with Crippen molar-refractivity contribution in [2.75, 3.05) is 18.5 Å². The van der Waals surface area contributed by atoms with Crippen LogP contribution >= 0.6 is 0 Å². The highest BCUT2D eigenvalue weighted by atomic mass is 19.4. The van der Waals surface area contributed by atoms with Crippen molar-refractivity contribution < 1.29 is 27.4 Å². The minimum absolute atomic E-state index is 0.250. The van der Waals surface area contributed by atoms with Gasteiger partial charge in [0, 0.05) is 19.8 Å². The zero-order chi connectivity index (χ0) is 26.7. The second kappa shape index (κ2) is 10.5. The van der Waals surface area contributed by atoms with Crippen molar-refractivity contribution in [3.05, 3.63) is 58.8 Å². The lowest BCUT2D eigenvalue weighted by atomic mass is 9.85. The third-order valence-electron chi connectivity index (χ3n) is 5.65. The molecule has 1 aliphatic heterocycles. The highest BCUT2D eigenvalue weighted by Gasteiger charge is 2.31. The number of hydrogen-bond donors (Lipinski definition) is 1. The average Bonchev–Trinajstić information content (AvgIpc) is 2.76. The number of allylic oxidation sites excluding steroid dienone is 1. The van der Waals surface area contributed by atoms with E-state index >= 15 is 0 Å². The standard InChI is InChI=1S/C27H30F3N3O3/c1-6-17-13-22-21(18-7-9-20(10-8-18)35-27(28,29)30)14-19(23(15-31)24(22)33(5)16-17)11-12-32-25(34)36-26(2,3)4/h7-10,14,16H,6,11-13H2,1-5H3,(H,32,34). The molecule has 0 aliphatic carbocycles. The predicted octanol–water partition coefficient (Wildman–Crippen LogP) is 6.48. The molecule has 9 heteroatoms. The quantitative estimate of drug-likeness (QED) is 0.491. The maximum Gasteiger partial charge on any atom is 0.573 e. The summed E-state index contributed by atoms with van der Waals surface area (Å²) in [7, 11) is 1.88. The van der Waals surface area contributed by atoms with Crippen molar-refractivity contribution in [1.29, 1.82) is 5.26 Å². The van der Waals surface area contributed by atoms with Crippen molar-refractivity contribution in [2.24, 2.45) is 0 Å². The zero-order valence-electron chi connectivity index (χ0n) is 21.0. The second-order valence-electron chi connectivity index (χ2n) is 9.58. The molecule has 0 fully saturated rings. The Morgan fingerprint density at radius 2 is 1.86 bits per heavy atom. The van der Waals surface area contributed by atoms with Crippen molar-refractivity contribution >= 4 is 11.8 Å². The number of anilines is 1. The van der Waals surface area contributed by atoms with Gasteiger partial charge in [0.2, 0.25) is 0 Å². The number of rotatable bonds is 6. The van der Waals surface area contributed by atoms with Gasteiger partial charge in [0.15, 0.2) is 0 Å². The molecule has 0 aromatic heterocycles. The minimum atomic E-state index is -4.77. The molecule has 1 heterocycles. The smallest absolute Gasteiger partial charge is 0.444 e. The monoisotopic (exact) mass is 501 g/mol. The number of amides is 1. The molecule has 2 aromatic rings. The van der Waals surface area contributed by atoms with Gasteiger partial charge in [-0.3, -0.25) is 0 Å². The van der Waals surface area contributed by atoms with Gasteiger partial charge in [-0.1, -0.05) is 19.1 Å². The van der Waals surface area contributed by atoms with Crippen LogP contribution in [0, 0.1) is 11.3 Å². The topological polar surface area (TPSA) is 74.6 Å². The van der Waals surface area contributed by atoms with E-state index in [1.54, 1.807) is 32.9 Å². The molecular weight excluding hydrogens is 471 g/mol. The van der Waals surface area contributed by atoms with Crippen LogP contribution in [0.4, 0.5) is 23.7 Å². The Balaban J connectivity index is 2.01. The van der Waals surface area contributed by atoms with Gasteiger partial charge in [0.05, 0.1) is 11.3 Å². The summed E-state index contributed by atoms with van der Waals surface area (Å²) in [4.78, 5) is 14.0. The van der Waals surface area contributed by atoms with E-state index in [2.05, 4.69) is 23.0 Å². The van der Waals surface area contributed by atoms with E-state index in [0.29, 0.717) is 24.0 Å². The molecule has 1 N–H and O–H groups in total. The Morgan fingerprint density at radius 3 is 2.42 bits per heavy atom. The number of halogens is 3. The normalized spacial score (nSPS) is 13.4. The number of nitrogens with one attached hydrogen (secondary N) is 1. The molecule has 6 nitrogen and oxygen atoms in total. The van der Waals surface area contributed by atoms with Crippen molar-refractivity contribution in [3.63, 3.8) is 0 Å². The van der Waals surface area contributed by atoms with Crippen LogP contribution in [-0.4, -0.2) is 31.6 Å². The number of fused-ring (bicyclic) bond motifs is 1. The number of hydrogen-bond acceptors (Lipinski definition) is 5. The van der Waals surface area contributed by atoms with Crippen LogP contribution in [-0.2, 0) is 17.6 Å². The fourth-order valence-electron chi connectivity index (χ4n) is 4.19. The van der Waals surface area contributed by atoms with E-state index < -0.39 is 18.1 Å². The number of nitrogens with zero attached hydrogens (tertiary/aromatic N) is 2. The molecule has 0 bridgehead atoms. The summed E-state index contributed by atoms with van der Waals surface area (Å²) in [6, 6.07) is 9.92. The van der Waals surface area contributed by atoms with Gasteiger partial charge in [-0.25, -0.2) is 4.79 Å². The van der Waals surface area contributed by atoms with Gasteiger partial charge in [0.1, 0.15) is 17.4 Å². The molecule has 1 aliphatic rings. The van der Waals surface area contributed by atoms with E-state index in [4.69, 9.17) is 4.74 Å². The molecule has 1 amide bonds. The number of alkyl halides is 3.